The van der Waals surface area contributed by atoms with Crippen molar-refractivity contribution >= 4 is 31.2 Å². The van der Waals surface area contributed by atoms with Gasteiger partial charge in [-0.05, 0) is 30.0 Å². The van der Waals surface area contributed by atoms with Crippen molar-refractivity contribution in [3.8, 4) is 0 Å². The van der Waals surface area contributed by atoms with Crippen molar-refractivity contribution in [1.29, 1.82) is 0 Å². The van der Waals surface area contributed by atoms with Crippen LogP contribution >= 0.6 is 11.3 Å². The van der Waals surface area contributed by atoms with E-state index in [2.05, 4.69) is 5.32 Å². The molecule has 9 heteroatoms. The van der Waals surface area contributed by atoms with Crippen LogP contribution in [0, 0.1) is 0 Å². The highest BCUT2D eigenvalue weighted by atomic mass is 32.2. The molecule has 0 saturated carbocycles. The topological polar surface area (TPSA) is 83.6 Å². The maximum atomic E-state index is 12.5. The van der Waals surface area contributed by atoms with Gasteiger partial charge in [0.05, 0.1) is 11.5 Å². The Morgan fingerprint density at radius 1 is 1.48 bits per heavy atom. The molecule has 0 bridgehead atoms. The number of sulfonamides is 1. The molecule has 0 spiro atoms. The molecule has 1 unspecified atom stereocenters. The van der Waals surface area contributed by atoms with Gasteiger partial charge >= 0.3 is 0 Å². The summed E-state index contributed by atoms with van der Waals surface area (Å²) in [6, 6.07) is 1.20. The van der Waals surface area contributed by atoms with Gasteiger partial charge in [-0.3, -0.25) is 0 Å². The molecule has 21 heavy (non-hydrogen) atoms. The normalized spacial score (nSPS) is 22.0. The third-order valence-corrected chi connectivity index (χ3v) is 8.69. The van der Waals surface area contributed by atoms with Crippen molar-refractivity contribution in [1.82, 2.24) is 9.62 Å². The lowest BCUT2D eigenvalue weighted by Gasteiger charge is -2.21. The second kappa shape index (κ2) is 6.33. The van der Waals surface area contributed by atoms with E-state index in [-0.39, 0.29) is 15.7 Å². The quantitative estimate of drug-likeness (QED) is 0.813. The van der Waals surface area contributed by atoms with Crippen molar-refractivity contribution in [3.63, 3.8) is 0 Å². The second-order valence-corrected chi connectivity index (χ2v) is 10.5. The van der Waals surface area contributed by atoms with Gasteiger partial charge < -0.3 is 5.32 Å². The zero-order valence-electron chi connectivity index (χ0n) is 12.1. The number of nitrogens with one attached hydrogen (secondary N) is 1. The average molecular weight is 353 g/mol. The Balaban J connectivity index is 2.15. The molecule has 1 fully saturated rings. The fourth-order valence-electron chi connectivity index (χ4n) is 2.25. The maximum absolute atomic E-state index is 12.5. The number of nitrogens with zero attached hydrogens (tertiary/aromatic N) is 1. The number of hydrogen-bond acceptors (Lipinski definition) is 6. The Hall–Kier alpha value is -0.480. The Bertz CT molecular complexity index is 694. The van der Waals surface area contributed by atoms with Crippen LogP contribution < -0.4 is 5.32 Å². The minimum Gasteiger partial charge on any atom is -0.313 e. The summed E-state index contributed by atoms with van der Waals surface area (Å²) in [5.74, 6) is -0.0218. The monoisotopic (exact) mass is 352 g/mol. The van der Waals surface area contributed by atoms with E-state index in [1.54, 1.807) is 6.07 Å². The molecule has 0 amide bonds. The molecule has 1 aromatic rings. The first-order valence-corrected chi connectivity index (χ1v) is 10.9. The van der Waals surface area contributed by atoms with Crippen LogP contribution in [-0.2, 0) is 26.4 Å². The molecule has 1 aromatic heterocycles. The van der Waals surface area contributed by atoms with Crippen LogP contribution in [0.3, 0.4) is 0 Å². The Morgan fingerprint density at radius 2 is 2.19 bits per heavy atom. The fraction of sp³-hybridized carbons (Fsp3) is 0.667. The SMILES string of the molecule is CCNCc1csc(S(=O)(=O)N(C)C2CCS(=O)(=O)C2)c1. The van der Waals surface area contributed by atoms with Crippen LogP contribution in [0.1, 0.15) is 18.9 Å². The van der Waals surface area contributed by atoms with E-state index >= 15 is 0 Å². The standard InChI is InChI=1S/C12H20N2O4S3/c1-3-13-7-10-6-12(19-8-10)21(17,18)14(2)11-4-5-20(15,16)9-11/h6,8,11,13H,3-5,7,9H2,1-2H3. The Kier molecular flexibility index (Phi) is 5.09. The maximum Gasteiger partial charge on any atom is 0.252 e. The Labute approximate surface area is 130 Å². The largest absolute Gasteiger partial charge is 0.313 e. The van der Waals surface area contributed by atoms with Crippen LogP contribution in [0.15, 0.2) is 15.7 Å². The van der Waals surface area contributed by atoms with E-state index in [0.29, 0.717) is 13.0 Å². The summed E-state index contributed by atoms with van der Waals surface area (Å²) in [5, 5.41) is 4.96. The van der Waals surface area contributed by atoms with Gasteiger partial charge in [0, 0.05) is 19.6 Å². The second-order valence-electron chi connectivity index (χ2n) is 5.13. The molecule has 120 valence electrons. The molecule has 0 radical (unpaired) electrons. The van der Waals surface area contributed by atoms with E-state index in [9.17, 15) is 16.8 Å². The van der Waals surface area contributed by atoms with Crippen molar-refractivity contribution in [3.05, 3.63) is 17.0 Å². The summed E-state index contributed by atoms with van der Waals surface area (Å²) in [7, 11) is -5.26. The molecule has 2 heterocycles. The van der Waals surface area contributed by atoms with Gasteiger partial charge in [0.15, 0.2) is 9.84 Å². The third kappa shape index (κ3) is 3.84. The predicted molar refractivity (Wildman–Crippen MR) is 83.7 cm³/mol. The highest BCUT2D eigenvalue weighted by molar-refractivity contribution is 7.92. The Morgan fingerprint density at radius 3 is 2.76 bits per heavy atom. The van der Waals surface area contributed by atoms with Crippen LogP contribution in [-0.4, -0.2) is 52.3 Å². The first kappa shape index (κ1) is 16.9. The summed E-state index contributed by atoms with van der Waals surface area (Å²) in [4.78, 5) is 0. The van der Waals surface area contributed by atoms with Crippen LogP contribution in [0.5, 0.6) is 0 Å². The highest BCUT2D eigenvalue weighted by Gasteiger charge is 2.36. The van der Waals surface area contributed by atoms with Crippen LogP contribution in [0.2, 0.25) is 0 Å². The zero-order chi connectivity index (χ0) is 15.7. The van der Waals surface area contributed by atoms with Gasteiger partial charge in [0.1, 0.15) is 4.21 Å². The van der Waals surface area contributed by atoms with E-state index in [1.165, 1.54) is 22.7 Å². The van der Waals surface area contributed by atoms with E-state index in [1.807, 2.05) is 12.3 Å². The molecule has 1 aliphatic rings. The third-order valence-electron chi connectivity index (χ3n) is 3.56. The average Bonchev–Trinajstić information content (AvgIpc) is 3.02. The van der Waals surface area contributed by atoms with Crippen molar-refractivity contribution in [2.24, 2.45) is 0 Å². The van der Waals surface area contributed by atoms with E-state index in [0.717, 1.165) is 12.1 Å². The number of thiophene rings is 1. The summed E-state index contributed by atoms with van der Waals surface area (Å²) < 4.78 is 49.6. The van der Waals surface area contributed by atoms with E-state index < -0.39 is 25.9 Å². The molecular formula is C12H20N2O4S3. The minimum atomic E-state index is -3.62. The molecule has 1 aliphatic heterocycles. The van der Waals surface area contributed by atoms with Gasteiger partial charge in [0.25, 0.3) is 10.0 Å². The highest BCUT2D eigenvalue weighted by Crippen LogP contribution is 2.27. The fourth-order valence-corrected chi connectivity index (χ4v) is 6.90. The molecule has 1 N–H and O–H groups in total. The molecule has 1 atom stereocenters. The van der Waals surface area contributed by atoms with Gasteiger partial charge in [-0.25, -0.2) is 16.8 Å². The van der Waals surface area contributed by atoms with Gasteiger partial charge in [-0.15, -0.1) is 11.3 Å². The van der Waals surface area contributed by atoms with Crippen molar-refractivity contribution in [2.75, 3.05) is 25.1 Å². The van der Waals surface area contributed by atoms with Crippen LogP contribution in [0.25, 0.3) is 0 Å². The summed E-state index contributed by atoms with van der Waals surface area (Å²) in [6.07, 6.45) is 0.369. The van der Waals surface area contributed by atoms with Crippen molar-refractivity contribution < 1.29 is 16.8 Å². The zero-order valence-corrected chi connectivity index (χ0v) is 14.5. The number of hydrogen-bond donors (Lipinski definition) is 1. The van der Waals surface area contributed by atoms with Gasteiger partial charge in [-0.1, -0.05) is 6.92 Å². The molecule has 0 aliphatic carbocycles. The number of rotatable bonds is 6. The molecular weight excluding hydrogens is 332 g/mol. The lowest BCUT2D eigenvalue weighted by molar-refractivity contribution is 0.395. The summed E-state index contributed by atoms with van der Waals surface area (Å²) in [6.45, 7) is 3.43. The number of sulfone groups is 1. The van der Waals surface area contributed by atoms with Gasteiger partial charge in [0.2, 0.25) is 0 Å². The molecule has 0 aromatic carbocycles. The molecule has 2 rings (SSSR count). The first-order valence-electron chi connectivity index (χ1n) is 6.73. The lowest BCUT2D eigenvalue weighted by Crippen LogP contribution is -2.37. The van der Waals surface area contributed by atoms with E-state index in [4.69, 9.17) is 0 Å². The lowest BCUT2D eigenvalue weighted by atomic mass is 10.3. The first-order chi connectivity index (χ1) is 9.76. The van der Waals surface area contributed by atoms with Gasteiger partial charge in [-0.2, -0.15) is 4.31 Å². The smallest absolute Gasteiger partial charge is 0.252 e. The van der Waals surface area contributed by atoms with Crippen molar-refractivity contribution in [2.45, 2.75) is 30.1 Å². The summed E-state index contributed by atoms with van der Waals surface area (Å²) in [5.41, 5.74) is 0.924. The molecule has 6 nitrogen and oxygen atoms in total. The minimum absolute atomic E-state index is 0.0631. The summed E-state index contributed by atoms with van der Waals surface area (Å²) >= 11 is 1.17. The predicted octanol–water partition coefficient (Wildman–Crippen LogP) is 0.665. The molecule has 1 saturated heterocycles. The van der Waals surface area contributed by atoms with Crippen LogP contribution in [0.4, 0.5) is 0 Å².